The summed E-state index contributed by atoms with van der Waals surface area (Å²) in [5, 5.41) is 1.41. The number of amides is 2. The molecular weight excluding hydrogens is 544 g/mol. The maximum Gasteiger partial charge on any atom is 0.340 e. The van der Waals surface area contributed by atoms with Crippen LogP contribution < -0.4 is 21.1 Å². The van der Waals surface area contributed by atoms with E-state index in [-0.39, 0.29) is 12.0 Å². The van der Waals surface area contributed by atoms with Gasteiger partial charge in [-0.15, -0.1) is 0 Å². The van der Waals surface area contributed by atoms with E-state index in [2.05, 4.69) is 18.7 Å². The van der Waals surface area contributed by atoms with Gasteiger partial charge in [-0.2, -0.15) is 0 Å². The van der Waals surface area contributed by atoms with Crippen molar-refractivity contribution in [3.05, 3.63) is 116 Å². The highest BCUT2D eigenvalue weighted by atomic mass is 16.4. The first-order valence-electron chi connectivity index (χ1n) is 14.6. The lowest BCUT2D eigenvalue weighted by Crippen LogP contribution is -2.36. The second-order valence-electron chi connectivity index (χ2n) is 11.3. The van der Waals surface area contributed by atoms with Crippen molar-refractivity contribution in [3.63, 3.8) is 0 Å². The van der Waals surface area contributed by atoms with Gasteiger partial charge in [-0.3, -0.25) is 9.59 Å². The molecule has 0 radical (unpaired) electrons. The molecule has 0 N–H and O–H groups in total. The summed E-state index contributed by atoms with van der Waals surface area (Å²) in [6.07, 6.45) is 0.205. The fraction of sp³-hybridized carbons (Fsp3) is 0.257. The van der Waals surface area contributed by atoms with Gasteiger partial charge in [0.25, 0.3) is 0 Å². The molecule has 2 aromatic heterocycles. The fourth-order valence-corrected chi connectivity index (χ4v) is 6.96. The van der Waals surface area contributed by atoms with Crippen LogP contribution in [0.15, 0.2) is 91.2 Å². The number of carbonyl (C=O) groups is 2. The third kappa shape index (κ3) is 4.12. The number of rotatable bonds is 5. The van der Waals surface area contributed by atoms with Crippen LogP contribution in [-0.4, -0.2) is 24.9 Å². The first-order valence-corrected chi connectivity index (χ1v) is 14.6. The molecule has 1 aliphatic carbocycles. The summed E-state index contributed by atoms with van der Waals surface area (Å²) in [5.41, 5.74) is 3.10. The Morgan fingerprint density at radius 3 is 2.30 bits per heavy atom. The van der Waals surface area contributed by atoms with Gasteiger partial charge < -0.3 is 13.7 Å². The minimum Gasteiger partial charge on any atom is -0.422 e. The number of anilines is 2. The van der Waals surface area contributed by atoms with Gasteiger partial charge in [-0.1, -0.05) is 30.3 Å². The van der Waals surface area contributed by atoms with Crippen molar-refractivity contribution in [2.45, 2.75) is 39.0 Å². The van der Waals surface area contributed by atoms with Crippen LogP contribution in [0.2, 0.25) is 0 Å². The second kappa shape index (κ2) is 10.1. The molecule has 3 aromatic carbocycles. The minimum atomic E-state index is -1.09. The Hall–Kier alpha value is -4.98. The Labute approximate surface area is 247 Å². The molecule has 3 unspecified atom stereocenters. The van der Waals surface area contributed by atoms with Crippen LogP contribution in [0, 0.1) is 12.8 Å². The highest BCUT2D eigenvalue weighted by molar-refractivity contribution is 6.24. The normalized spacial score (nSPS) is 19.6. The van der Waals surface area contributed by atoms with Gasteiger partial charge in [-0.25, -0.2) is 14.5 Å². The van der Waals surface area contributed by atoms with Crippen molar-refractivity contribution >= 4 is 45.1 Å². The predicted octanol–water partition coefficient (Wildman–Crippen LogP) is 5.67. The Bertz CT molecular complexity index is 2060. The van der Waals surface area contributed by atoms with E-state index < -0.39 is 40.8 Å². The number of fused-ring (bicyclic) bond motifs is 6. The number of hydrogen-bond acceptors (Lipinski definition) is 7. The van der Waals surface area contributed by atoms with Crippen LogP contribution in [0.4, 0.5) is 11.4 Å². The molecule has 2 amide bonds. The van der Waals surface area contributed by atoms with E-state index in [0.29, 0.717) is 33.4 Å². The van der Waals surface area contributed by atoms with Gasteiger partial charge in [-0.05, 0) is 74.7 Å². The predicted molar refractivity (Wildman–Crippen MR) is 165 cm³/mol. The Morgan fingerprint density at radius 2 is 1.56 bits per heavy atom. The molecule has 0 spiro atoms. The lowest BCUT2D eigenvalue weighted by molar-refractivity contribution is -0.122. The van der Waals surface area contributed by atoms with Gasteiger partial charge in [0.05, 0.1) is 23.1 Å². The van der Waals surface area contributed by atoms with Crippen LogP contribution in [0.25, 0.3) is 21.9 Å². The van der Waals surface area contributed by atoms with E-state index in [0.717, 1.165) is 34.6 Å². The zero-order valence-corrected chi connectivity index (χ0v) is 24.1. The third-order valence-electron chi connectivity index (χ3n) is 9.02. The summed E-state index contributed by atoms with van der Waals surface area (Å²) in [6.45, 7) is 7.65. The Morgan fingerprint density at radius 1 is 0.814 bits per heavy atom. The van der Waals surface area contributed by atoms with E-state index >= 15 is 0 Å². The number of imide groups is 1. The molecule has 0 bridgehead atoms. The molecule has 8 nitrogen and oxygen atoms in total. The molecule has 5 aromatic rings. The first-order chi connectivity index (χ1) is 20.8. The number of nitrogens with zero attached hydrogens (tertiary/aromatic N) is 2. The Kier molecular flexibility index (Phi) is 6.31. The van der Waals surface area contributed by atoms with Gasteiger partial charge in [0.2, 0.25) is 11.8 Å². The topological polar surface area (TPSA) is 101 Å². The summed E-state index contributed by atoms with van der Waals surface area (Å²) >= 11 is 0. The standard InChI is InChI=1S/C35H30N2O6/c1-4-36(5-2)22-13-12-20-16-26(34(40)42-27(20)17-22)25-18-24-23-14-11-19(3)15-28(23)43-35(41)30(24)31-29(25)32(38)37(33(31)39)21-9-7-6-8-10-21/h6-17,25,29,31H,4-5,18H2,1-3H3. The summed E-state index contributed by atoms with van der Waals surface area (Å²) in [6, 6.07) is 21.8. The number of benzene rings is 3. The molecule has 3 atom stereocenters. The maximum absolute atomic E-state index is 14.2. The summed E-state index contributed by atoms with van der Waals surface area (Å²) in [4.78, 5) is 58.8. The monoisotopic (exact) mass is 574 g/mol. The fourth-order valence-electron chi connectivity index (χ4n) is 6.96. The van der Waals surface area contributed by atoms with Crippen molar-refractivity contribution in [3.8, 4) is 0 Å². The first kappa shape index (κ1) is 26.9. The lowest BCUT2D eigenvalue weighted by Gasteiger charge is -2.32. The molecule has 1 saturated heterocycles. The highest BCUT2D eigenvalue weighted by Gasteiger charge is 2.57. The maximum atomic E-state index is 14.2. The van der Waals surface area contributed by atoms with Crippen molar-refractivity contribution in [1.82, 2.24) is 0 Å². The smallest absolute Gasteiger partial charge is 0.340 e. The van der Waals surface area contributed by atoms with E-state index in [4.69, 9.17) is 8.83 Å². The number of hydrogen-bond donors (Lipinski definition) is 0. The zero-order valence-electron chi connectivity index (χ0n) is 24.1. The molecule has 8 heteroatoms. The molecule has 1 fully saturated rings. The third-order valence-corrected chi connectivity index (χ3v) is 9.02. The van der Waals surface area contributed by atoms with Gasteiger partial charge >= 0.3 is 11.3 Å². The molecule has 1 aliphatic heterocycles. The zero-order chi connectivity index (χ0) is 30.0. The summed E-state index contributed by atoms with van der Waals surface area (Å²) < 4.78 is 11.6. The van der Waals surface area contributed by atoms with E-state index in [1.54, 1.807) is 42.5 Å². The van der Waals surface area contributed by atoms with Gasteiger partial charge in [0, 0.05) is 47.1 Å². The molecule has 43 heavy (non-hydrogen) atoms. The van der Waals surface area contributed by atoms with Gasteiger partial charge in [0.1, 0.15) is 11.2 Å². The van der Waals surface area contributed by atoms with Crippen LogP contribution in [0.1, 0.15) is 47.9 Å². The quantitative estimate of drug-likeness (QED) is 0.197. The average molecular weight is 575 g/mol. The van der Waals surface area contributed by atoms with Crippen molar-refractivity contribution in [2.75, 3.05) is 22.9 Å². The van der Waals surface area contributed by atoms with Crippen LogP contribution >= 0.6 is 0 Å². The van der Waals surface area contributed by atoms with E-state index in [9.17, 15) is 19.2 Å². The van der Waals surface area contributed by atoms with Crippen LogP contribution in [0.3, 0.4) is 0 Å². The molecular formula is C35H30N2O6. The van der Waals surface area contributed by atoms with E-state index in [1.165, 1.54) is 0 Å². The molecule has 7 rings (SSSR count). The SMILES string of the molecule is CCN(CC)c1ccc2cc(C3Cc4c(c(=O)oc5cc(C)ccc45)C4C(=O)N(c5ccccc5)C(=O)C34)c(=O)oc2c1. The molecule has 3 heterocycles. The summed E-state index contributed by atoms with van der Waals surface area (Å²) in [7, 11) is 0. The summed E-state index contributed by atoms with van der Waals surface area (Å²) in [5.74, 6) is -3.71. The van der Waals surface area contributed by atoms with Crippen molar-refractivity contribution < 1.29 is 18.4 Å². The minimum absolute atomic E-state index is 0.198. The van der Waals surface area contributed by atoms with Gasteiger partial charge in [0.15, 0.2) is 0 Å². The van der Waals surface area contributed by atoms with Crippen LogP contribution in [-0.2, 0) is 16.0 Å². The average Bonchev–Trinajstić information content (AvgIpc) is 3.27. The number of aryl methyl sites for hydroxylation is 1. The number of carbonyl (C=O) groups excluding carboxylic acids is 2. The van der Waals surface area contributed by atoms with Crippen LogP contribution in [0.5, 0.6) is 0 Å². The Balaban J connectivity index is 1.45. The van der Waals surface area contributed by atoms with Crippen molar-refractivity contribution in [1.29, 1.82) is 0 Å². The largest absolute Gasteiger partial charge is 0.422 e. The van der Waals surface area contributed by atoms with E-state index in [1.807, 2.05) is 37.3 Å². The molecule has 216 valence electrons. The molecule has 0 saturated carbocycles. The second-order valence-corrected chi connectivity index (χ2v) is 11.3. The van der Waals surface area contributed by atoms with Crippen molar-refractivity contribution in [2.24, 2.45) is 5.92 Å². The highest BCUT2D eigenvalue weighted by Crippen LogP contribution is 2.50. The molecule has 2 aliphatic rings. The number of para-hydroxylation sites is 1. The lowest BCUT2D eigenvalue weighted by atomic mass is 9.67.